The zero-order valence-corrected chi connectivity index (χ0v) is 16.7. The number of carbonyl (C=O) groups excluding carboxylic acids is 2. The number of hydrogen-bond donors (Lipinski definition) is 2. The zero-order valence-electron chi connectivity index (χ0n) is 16.7. The van der Waals surface area contributed by atoms with E-state index in [2.05, 4.69) is 20.9 Å². The summed E-state index contributed by atoms with van der Waals surface area (Å²) in [5.41, 5.74) is 2.59. The van der Waals surface area contributed by atoms with E-state index >= 15 is 0 Å². The Labute approximate surface area is 168 Å². The largest absolute Gasteiger partial charge is 0.492 e. The van der Waals surface area contributed by atoms with E-state index in [1.807, 2.05) is 25.1 Å². The van der Waals surface area contributed by atoms with Gasteiger partial charge in [0.15, 0.2) is 0 Å². The Balaban J connectivity index is 1.58. The predicted molar refractivity (Wildman–Crippen MR) is 110 cm³/mol. The average Bonchev–Trinajstić information content (AvgIpc) is 3.11. The van der Waals surface area contributed by atoms with Gasteiger partial charge in [0.2, 0.25) is 0 Å². The minimum Gasteiger partial charge on any atom is -0.492 e. The number of rotatable bonds is 7. The van der Waals surface area contributed by atoms with Crippen LogP contribution in [-0.2, 0) is 6.54 Å². The van der Waals surface area contributed by atoms with Gasteiger partial charge in [0.25, 0.3) is 5.91 Å². The molecule has 0 saturated carbocycles. The second-order valence-electron chi connectivity index (χ2n) is 6.53. The first-order valence-corrected chi connectivity index (χ1v) is 9.31. The Morgan fingerprint density at radius 1 is 1.17 bits per heavy atom. The molecule has 0 fully saturated rings. The molecule has 0 aliphatic rings. The number of hydrogen-bond acceptors (Lipinski definition) is 5. The van der Waals surface area contributed by atoms with Gasteiger partial charge in [-0.25, -0.2) is 9.48 Å². The first-order chi connectivity index (χ1) is 14.0. The maximum atomic E-state index is 12.2. The lowest BCUT2D eigenvalue weighted by Gasteiger charge is -2.12. The SMILES string of the molecule is CCOc1ccccc1NC(=O)NCCn1nnc2cc(C(=O)N(C)C)ccc21. The monoisotopic (exact) mass is 396 g/mol. The van der Waals surface area contributed by atoms with Crippen LogP contribution in [0.1, 0.15) is 17.3 Å². The Morgan fingerprint density at radius 2 is 1.97 bits per heavy atom. The van der Waals surface area contributed by atoms with Crippen molar-refractivity contribution in [2.24, 2.45) is 0 Å². The van der Waals surface area contributed by atoms with Crippen molar-refractivity contribution < 1.29 is 14.3 Å². The molecule has 3 amide bonds. The quantitative estimate of drug-likeness (QED) is 0.638. The molecule has 1 heterocycles. The molecule has 0 bridgehead atoms. The summed E-state index contributed by atoms with van der Waals surface area (Å²) >= 11 is 0. The minimum absolute atomic E-state index is 0.0906. The van der Waals surface area contributed by atoms with E-state index in [0.717, 1.165) is 5.52 Å². The molecular formula is C20H24N6O3. The number of nitrogens with one attached hydrogen (secondary N) is 2. The predicted octanol–water partition coefficient (Wildman–Crippen LogP) is 2.35. The van der Waals surface area contributed by atoms with E-state index in [1.54, 1.807) is 43.0 Å². The lowest BCUT2D eigenvalue weighted by molar-refractivity contribution is 0.0827. The molecule has 0 aliphatic heterocycles. The van der Waals surface area contributed by atoms with Crippen LogP contribution in [0, 0.1) is 0 Å². The zero-order chi connectivity index (χ0) is 20.8. The minimum atomic E-state index is -0.333. The first-order valence-electron chi connectivity index (χ1n) is 9.31. The molecule has 0 spiro atoms. The third kappa shape index (κ3) is 4.81. The fraction of sp³-hybridized carbons (Fsp3) is 0.300. The Bertz CT molecular complexity index is 1010. The Hall–Kier alpha value is -3.62. The van der Waals surface area contributed by atoms with Gasteiger partial charge in [-0.3, -0.25) is 4.79 Å². The van der Waals surface area contributed by atoms with Gasteiger partial charge in [-0.2, -0.15) is 0 Å². The number of benzene rings is 2. The summed E-state index contributed by atoms with van der Waals surface area (Å²) in [6, 6.07) is 12.2. The number of urea groups is 1. The maximum Gasteiger partial charge on any atom is 0.319 e. The first kappa shape index (κ1) is 20.1. The van der Waals surface area contributed by atoms with Crippen LogP contribution in [-0.4, -0.2) is 59.1 Å². The van der Waals surface area contributed by atoms with Crippen LogP contribution in [0.25, 0.3) is 11.0 Å². The van der Waals surface area contributed by atoms with Crippen LogP contribution in [0.2, 0.25) is 0 Å². The third-order valence-electron chi connectivity index (χ3n) is 4.21. The highest BCUT2D eigenvalue weighted by Gasteiger charge is 2.12. The number of ether oxygens (including phenoxy) is 1. The lowest BCUT2D eigenvalue weighted by atomic mass is 10.2. The summed E-state index contributed by atoms with van der Waals surface area (Å²) < 4.78 is 7.19. The number of carbonyl (C=O) groups is 2. The van der Waals surface area contributed by atoms with Gasteiger partial charge in [0.05, 0.1) is 24.4 Å². The van der Waals surface area contributed by atoms with Gasteiger partial charge in [-0.15, -0.1) is 5.10 Å². The molecule has 0 aliphatic carbocycles. The highest BCUT2D eigenvalue weighted by molar-refractivity contribution is 5.97. The standard InChI is InChI=1S/C20H24N6O3/c1-4-29-18-8-6-5-7-15(18)22-20(28)21-11-12-26-17-10-9-14(19(27)25(2)3)13-16(17)23-24-26/h5-10,13H,4,11-12H2,1-3H3,(H2,21,22,28). The fourth-order valence-corrected chi connectivity index (χ4v) is 2.82. The molecule has 0 unspecified atom stereocenters. The van der Waals surface area contributed by atoms with Crippen LogP contribution in [0.5, 0.6) is 5.75 Å². The number of nitrogens with zero attached hydrogens (tertiary/aromatic N) is 4. The molecular weight excluding hydrogens is 372 g/mol. The topological polar surface area (TPSA) is 101 Å². The molecule has 29 heavy (non-hydrogen) atoms. The molecule has 0 radical (unpaired) electrons. The van der Waals surface area contributed by atoms with Crippen LogP contribution in [0.3, 0.4) is 0 Å². The van der Waals surface area contributed by atoms with E-state index in [1.165, 1.54) is 4.90 Å². The molecule has 0 atom stereocenters. The smallest absolute Gasteiger partial charge is 0.319 e. The van der Waals surface area contributed by atoms with E-state index in [9.17, 15) is 9.59 Å². The highest BCUT2D eigenvalue weighted by Crippen LogP contribution is 2.23. The summed E-state index contributed by atoms with van der Waals surface area (Å²) in [4.78, 5) is 25.8. The molecule has 2 aromatic carbocycles. The van der Waals surface area contributed by atoms with Crippen molar-refractivity contribution in [2.75, 3.05) is 32.6 Å². The molecule has 2 N–H and O–H groups in total. The summed E-state index contributed by atoms with van der Waals surface area (Å²) in [7, 11) is 3.40. The molecule has 0 saturated heterocycles. The van der Waals surface area contributed by atoms with Crippen molar-refractivity contribution in [1.29, 1.82) is 0 Å². The van der Waals surface area contributed by atoms with Gasteiger partial charge in [0.1, 0.15) is 11.3 Å². The lowest BCUT2D eigenvalue weighted by Crippen LogP contribution is -2.31. The number of amides is 3. The van der Waals surface area contributed by atoms with E-state index in [0.29, 0.717) is 42.2 Å². The van der Waals surface area contributed by atoms with Crippen molar-refractivity contribution in [1.82, 2.24) is 25.2 Å². The second-order valence-corrected chi connectivity index (χ2v) is 6.53. The number of para-hydroxylation sites is 2. The van der Waals surface area contributed by atoms with Crippen LogP contribution < -0.4 is 15.4 Å². The van der Waals surface area contributed by atoms with Gasteiger partial charge < -0.3 is 20.3 Å². The maximum absolute atomic E-state index is 12.2. The van der Waals surface area contributed by atoms with Gasteiger partial charge >= 0.3 is 6.03 Å². The summed E-state index contributed by atoms with van der Waals surface area (Å²) in [5.74, 6) is 0.530. The van der Waals surface area contributed by atoms with Gasteiger partial charge in [-0.05, 0) is 37.3 Å². The molecule has 9 nitrogen and oxygen atoms in total. The number of fused-ring (bicyclic) bond motifs is 1. The fourth-order valence-electron chi connectivity index (χ4n) is 2.82. The highest BCUT2D eigenvalue weighted by atomic mass is 16.5. The van der Waals surface area contributed by atoms with E-state index < -0.39 is 0 Å². The van der Waals surface area contributed by atoms with Crippen molar-refractivity contribution >= 4 is 28.7 Å². The summed E-state index contributed by atoms with van der Waals surface area (Å²) in [6.07, 6.45) is 0. The number of aromatic nitrogens is 3. The van der Waals surface area contributed by atoms with Crippen LogP contribution in [0.4, 0.5) is 10.5 Å². The van der Waals surface area contributed by atoms with E-state index in [4.69, 9.17) is 4.74 Å². The molecule has 1 aromatic heterocycles. The average molecular weight is 396 g/mol. The Kier molecular flexibility index (Phi) is 6.28. The van der Waals surface area contributed by atoms with Crippen LogP contribution >= 0.6 is 0 Å². The van der Waals surface area contributed by atoms with Gasteiger partial charge in [-0.1, -0.05) is 17.3 Å². The van der Waals surface area contributed by atoms with Crippen molar-refractivity contribution in [3.63, 3.8) is 0 Å². The summed E-state index contributed by atoms with van der Waals surface area (Å²) in [5, 5.41) is 13.8. The Morgan fingerprint density at radius 3 is 2.72 bits per heavy atom. The molecule has 152 valence electrons. The third-order valence-corrected chi connectivity index (χ3v) is 4.21. The second kappa shape index (κ2) is 9.05. The van der Waals surface area contributed by atoms with Crippen LogP contribution in [0.15, 0.2) is 42.5 Å². The number of anilines is 1. The van der Waals surface area contributed by atoms with Crippen molar-refractivity contribution in [3.8, 4) is 5.75 Å². The van der Waals surface area contributed by atoms with Gasteiger partial charge in [0, 0.05) is 26.2 Å². The summed E-state index contributed by atoms with van der Waals surface area (Å²) in [6.45, 7) is 3.21. The van der Waals surface area contributed by atoms with E-state index in [-0.39, 0.29) is 11.9 Å². The van der Waals surface area contributed by atoms with Crippen molar-refractivity contribution in [2.45, 2.75) is 13.5 Å². The molecule has 3 aromatic rings. The van der Waals surface area contributed by atoms with Crippen molar-refractivity contribution in [3.05, 3.63) is 48.0 Å². The molecule has 3 rings (SSSR count). The molecule has 9 heteroatoms. The normalized spacial score (nSPS) is 10.6.